The summed E-state index contributed by atoms with van der Waals surface area (Å²) in [6.45, 7) is 1.60. The average Bonchev–Trinajstić information content (AvgIpc) is 2.61. The maximum atomic E-state index is 9.38. The zero-order valence-electron chi connectivity index (χ0n) is 13.4. The van der Waals surface area contributed by atoms with Gasteiger partial charge in [0.2, 0.25) is 0 Å². The third kappa shape index (κ3) is 4.73. The molecule has 1 saturated carbocycles. The zero-order valence-corrected chi connectivity index (χ0v) is 13.4. The number of aromatic hydroxyl groups is 1. The van der Waals surface area contributed by atoms with Gasteiger partial charge >= 0.3 is 0 Å². The van der Waals surface area contributed by atoms with Gasteiger partial charge in [0.25, 0.3) is 0 Å². The Balaban J connectivity index is 1.35. The second kappa shape index (κ2) is 8.02. The van der Waals surface area contributed by atoms with Crippen LogP contribution in [0.25, 0.3) is 0 Å². The number of ether oxygens (including phenoxy) is 1. The summed E-state index contributed by atoms with van der Waals surface area (Å²) >= 11 is 0. The van der Waals surface area contributed by atoms with Crippen LogP contribution in [-0.4, -0.2) is 24.3 Å². The number of rotatable bonds is 6. The van der Waals surface area contributed by atoms with Gasteiger partial charge in [-0.3, -0.25) is 0 Å². The monoisotopic (exact) mass is 311 g/mol. The van der Waals surface area contributed by atoms with Crippen molar-refractivity contribution in [2.75, 3.05) is 13.2 Å². The number of phenolic OH excluding ortho intramolecular Hbond substituents is 1. The summed E-state index contributed by atoms with van der Waals surface area (Å²) in [7, 11) is 0. The molecule has 2 aromatic rings. The molecule has 23 heavy (non-hydrogen) atoms. The van der Waals surface area contributed by atoms with Gasteiger partial charge in [-0.05, 0) is 61.4 Å². The van der Waals surface area contributed by atoms with Gasteiger partial charge in [-0.15, -0.1) is 0 Å². The third-order valence-corrected chi connectivity index (χ3v) is 4.64. The van der Waals surface area contributed by atoms with Crippen molar-refractivity contribution in [2.24, 2.45) is 0 Å². The molecular formula is C20H25NO2. The molecule has 0 radical (unpaired) electrons. The van der Waals surface area contributed by atoms with Gasteiger partial charge in [-0.1, -0.05) is 30.3 Å². The van der Waals surface area contributed by atoms with E-state index < -0.39 is 0 Å². The van der Waals surface area contributed by atoms with E-state index in [1.54, 1.807) is 12.1 Å². The Morgan fingerprint density at radius 1 is 0.913 bits per heavy atom. The fourth-order valence-corrected chi connectivity index (χ4v) is 3.33. The van der Waals surface area contributed by atoms with Gasteiger partial charge in [-0.2, -0.15) is 0 Å². The maximum Gasteiger partial charge on any atom is 0.119 e. The predicted octanol–water partition coefficient (Wildman–Crippen LogP) is 4.09. The fourth-order valence-electron chi connectivity index (χ4n) is 3.33. The van der Waals surface area contributed by atoms with E-state index in [-0.39, 0.29) is 0 Å². The molecule has 0 atom stereocenters. The SMILES string of the molecule is Oc1ccc([C@H]2CC[C@H](NCCOc3ccccc3)CC2)cc1. The normalized spacial score (nSPS) is 21.0. The van der Waals surface area contributed by atoms with E-state index in [2.05, 4.69) is 17.4 Å². The minimum atomic E-state index is 0.350. The van der Waals surface area contributed by atoms with E-state index >= 15 is 0 Å². The molecule has 1 aliphatic carbocycles. The molecule has 3 rings (SSSR count). The molecule has 2 N–H and O–H groups in total. The Bertz CT molecular complexity index is 574. The number of benzene rings is 2. The molecule has 0 bridgehead atoms. The smallest absolute Gasteiger partial charge is 0.119 e. The second-order valence-corrected chi connectivity index (χ2v) is 6.26. The molecule has 0 heterocycles. The summed E-state index contributed by atoms with van der Waals surface area (Å²) in [5, 5.41) is 13.0. The summed E-state index contributed by atoms with van der Waals surface area (Å²) in [5.41, 5.74) is 1.36. The first kappa shape index (κ1) is 15.9. The Kier molecular flexibility index (Phi) is 5.54. The number of phenols is 1. The molecule has 1 fully saturated rings. The lowest BCUT2D eigenvalue weighted by Gasteiger charge is -2.29. The molecule has 0 unspecified atom stereocenters. The molecule has 2 aromatic carbocycles. The van der Waals surface area contributed by atoms with E-state index in [0.717, 1.165) is 12.3 Å². The molecule has 0 amide bonds. The van der Waals surface area contributed by atoms with Gasteiger partial charge in [0, 0.05) is 12.6 Å². The first-order valence-electron chi connectivity index (χ1n) is 8.51. The summed E-state index contributed by atoms with van der Waals surface area (Å²) in [5.74, 6) is 1.92. The Hall–Kier alpha value is -2.00. The average molecular weight is 311 g/mol. The van der Waals surface area contributed by atoms with Crippen LogP contribution in [0.4, 0.5) is 0 Å². The van der Waals surface area contributed by atoms with Crippen molar-refractivity contribution < 1.29 is 9.84 Å². The number of para-hydroxylation sites is 1. The topological polar surface area (TPSA) is 41.5 Å². The molecule has 0 spiro atoms. The van der Waals surface area contributed by atoms with Crippen molar-refractivity contribution >= 4 is 0 Å². The van der Waals surface area contributed by atoms with E-state index in [9.17, 15) is 5.11 Å². The lowest BCUT2D eigenvalue weighted by molar-refractivity contribution is 0.282. The van der Waals surface area contributed by atoms with Crippen molar-refractivity contribution in [1.29, 1.82) is 0 Å². The van der Waals surface area contributed by atoms with E-state index in [0.29, 0.717) is 24.3 Å². The fraction of sp³-hybridized carbons (Fsp3) is 0.400. The Morgan fingerprint density at radius 2 is 1.61 bits per heavy atom. The highest BCUT2D eigenvalue weighted by Gasteiger charge is 2.21. The first-order chi connectivity index (χ1) is 11.3. The summed E-state index contributed by atoms with van der Waals surface area (Å²) in [6.07, 6.45) is 4.83. The molecule has 122 valence electrons. The summed E-state index contributed by atoms with van der Waals surface area (Å²) in [4.78, 5) is 0. The molecular weight excluding hydrogens is 286 g/mol. The van der Waals surface area contributed by atoms with Gasteiger partial charge in [0.1, 0.15) is 18.1 Å². The lowest BCUT2D eigenvalue weighted by Crippen LogP contribution is -2.35. The predicted molar refractivity (Wildman–Crippen MR) is 93.0 cm³/mol. The van der Waals surface area contributed by atoms with Crippen LogP contribution in [0.5, 0.6) is 11.5 Å². The van der Waals surface area contributed by atoms with Crippen LogP contribution in [0, 0.1) is 0 Å². The van der Waals surface area contributed by atoms with Crippen LogP contribution >= 0.6 is 0 Å². The molecule has 3 nitrogen and oxygen atoms in total. The van der Waals surface area contributed by atoms with E-state index in [1.165, 1.54) is 31.2 Å². The zero-order chi connectivity index (χ0) is 15.9. The van der Waals surface area contributed by atoms with Crippen molar-refractivity contribution in [3.63, 3.8) is 0 Å². The van der Waals surface area contributed by atoms with Crippen molar-refractivity contribution in [3.05, 3.63) is 60.2 Å². The third-order valence-electron chi connectivity index (χ3n) is 4.64. The second-order valence-electron chi connectivity index (χ2n) is 6.26. The highest BCUT2D eigenvalue weighted by molar-refractivity contribution is 5.28. The quantitative estimate of drug-likeness (QED) is 0.790. The van der Waals surface area contributed by atoms with E-state index in [1.807, 2.05) is 30.3 Å². The number of hydrogen-bond donors (Lipinski definition) is 2. The van der Waals surface area contributed by atoms with Gasteiger partial charge in [0.15, 0.2) is 0 Å². The van der Waals surface area contributed by atoms with Crippen LogP contribution in [0.15, 0.2) is 54.6 Å². The Morgan fingerprint density at radius 3 is 2.30 bits per heavy atom. The first-order valence-corrected chi connectivity index (χ1v) is 8.51. The molecule has 0 aromatic heterocycles. The minimum absolute atomic E-state index is 0.350. The van der Waals surface area contributed by atoms with Crippen LogP contribution < -0.4 is 10.1 Å². The number of hydrogen-bond acceptors (Lipinski definition) is 3. The van der Waals surface area contributed by atoms with Crippen LogP contribution in [0.3, 0.4) is 0 Å². The van der Waals surface area contributed by atoms with Crippen molar-refractivity contribution in [1.82, 2.24) is 5.32 Å². The molecule has 0 aliphatic heterocycles. The molecule has 0 saturated heterocycles. The standard InChI is InChI=1S/C20H25NO2/c22-19-12-8-17(9-13-19)16-6-10-18(11-7-16)21-14-15-23-20-4-2-1-3-5-20/h1-5,8-9,12-13,16,18,21-22H,6-7,10-11,14-15H2/t16-,18-. The van der Waals surface area contributed by atoms with Crippen molar-refractivity contribution in [3.8, 4) is 11.5 Å². The van der Waals surface area contributed by atoms with Crippen LogP contribution in [-0.2, 0) is 0 Å². The van der Waals surface area contributed by atoms with Gasteiger partial charge in [0.05, 0.1) is 0 Å². The van der Waals surface area contributed by atoms with Crippen LogP contribution in [0.1, 0.15) is 37.2 Å². The molecule has 1 aliphatic rings. The number of nitrogens with one attached hydrogen (secondary N) is 1. The lowest BCUT2D eigenvalue weighted by atomic mass is 9.82. The van der Waals surface area contributed by atoms with Gasteiger partial charge in [-0.25, -0.2) is 0 Å². The maximum absolute atomic E-state index is 9.38. The summed E-state index contributed by atoms with van der Waals surface area (Å²) < 4.78 is 5.71. The van der Waals surface area contributed by atoms with Gasteiger partial charge < -0.3 is 15.2 Å². The van der Waals surface area contributed by atoms with Crippen molar-refractivity contribution in [2.45, 2.75) is 37.6 Å². The van der Waals surface area contributed by atoms with Crippen LogP contribution in [0.2, 0.25) is 0 Å². The summed E-state index contributed by atoms with van der Waals surface area (Å²) in [6, 6.07) is 18.3. The Labute approximate surface area is 138 Å². The molecule has 3 heteroatoms. The minimum Gasteiger partial charge on any atom is -0.508 e. The largest absolute Gasteiger partial charge is 0.508 e. The van der Waals surface area contributed by atoms with E-state index in [4.69, 9.17) is 4.74 Å². The highest BCUT2D eigenvalue weighted by atomic mass is 16.5. The highest BCUT2D eigenvalue weighted by Crippen LogP contribution is 2.33.